The molecule has 4 N–H and O–H groups in total. The zero-order valence-electron chi connectivity index (χ0n) is 11.2. The SMILES string of the molecule is CC1CCCCCN1c1cccc(S(N)(=O)=O)c1N. The van der Waals surface area contributed by atoms with Crippen LogP contribution in [0.1, 0.15) is 32.6 Å². The standard InChI is InChI=1S/C13H21N3O2S/c1-10-6-3-2-4-9-16(10)11-7-5-8-12(13(11)14)19(15,17)18/h5,7-8,10H,2-4,6,9,14H2,1H3,(H2,15,17,18). The summed E-state index contributed by atoms with van der Waals surface area (Å²) in [6.45, 7) is 3.05. The van der Waals surface area contributed by atoms with Crippen molar-refractivity contribution in [1.29, 1.82) is 0 Å². The van der Waals surface area contributed by atoms with Crippen molar-refractivity contribution in [2.75, 3.05) is 17.2 Å². The van der Waals surface area contributed by atoms with Crippen molar-refractivity contribution in [3.63, 3.8) is 0 Å². The molecular weight excluding hydrogens is 262 g/mol. The highest BCUT2D eigenvalue weighted by Crippen LogP contribution is 2.32. The maximum atomic E-state index is 11.5. The molecule has 1 aromatic rings. The van der Waals surface area contributed by atoms with Crippen molar-refractivity contribution >= 4 is 21.4 Å². The summed E-state index contributed by atoms with van der Waals surface area (Å²) in [6.07, 6.45) is 4.60. The van der Waals surface area contributed by atoms with Crippen LogP contribution in [0.5, 0.6) is 0 Å². The summed E-state index contributed by atoms with van der Waals surface area (Å²) in [6, 6.07) is 5.38. The van der Waals surface area contributed by atoms with E-state index in [9.17, 15) is 8.42 Å². The van der Waals surface area contributed by atoms with E-state index in [0.717, 1.165) is 25.1 Å². The van der Waals surface area contributed by atoms with E-state index in [1.807, 2.05) is 6.07 Å². The number of anilines is 2. The quantitative estimate of drug-likeness (QED) is 0.808. The minimum absolute atomic E-state index is 0.0152. The zero-order valence-corrected chi connectivity index (χ0v) is 12.0. The van der Waals surface area contributed by atoms with Crippen molar-refractivity contribution in [3.05, 3.63) is 18.2 Å². The number of hydrogen-bond acceptors (Lipinski definition) is 4. The molecule has 2 rings (SSSR count). The second-order valence-corrected chi connectivity index (χ2v) is 6.66. The van der Waals surface area contributed by atoms with E-state index in [0.29, 0.717) is 6.04 Å². The van der Waals surface area contributed by atoms with E-state index in [1.54, 1.807) is 6.07 Å². The van der Waals surface area contributed by atoms with Gasteiger partial charge in [-0.1, -0.05) is 18.9 Å². The van der Waals surface area contributed by atoms with Crippen LogP contribution in [0, 0.1) is 0 Å². The highest BCUT2D eigenvalue weighted by molar-refractivity contribution is 7.89. The average molecular weight is 283 g/mol. The molecule has 0 radical (unpaired) electrons. The maximum Gasteiger partial charge on any atom is 0.240 e. The number of nitrogens with zero attached hydrogens (tertiary/aromatic N) is 1. The molecule has 106 valence electrons. The first-order valence-electron chi connectivity index (χ1n) is 6.59. The number of sulfonamides is 1. The first kappa shape index (κ1) is 14.1. The lowest BCUT2D eigenvalue weighted by Gasteiger charge is -2.31. The Morgan fingerprint density at radius 1 is 1.26 bits per heavy atom. The van der Waals surface area contributed by atoms with Gasteiger partial charge in [-0.2, -0.15) is 0 Å². The predicted octanol–water partition coefficient (Wildman–Crippen LogP) is 1.69. The Labute approximate surface area is 114 Å². The van der Waals surface area contributed by atoms with Gasteiger partial charge in [-0.15, -0.1) is 0 Å². The summed E-state index contributed by atoms with van der Waals surface area (Å²) >= 11 is 0. The number of hydrogen-bond donors (Lipinski definition) is 2. The van der Waals surface area contributed by atoms with Crippen LogP contribution in [-0.4, -0.2) is 21.0 Å². The normalized spacial score (nSPS) is 21.2. The third-order valence-corrected chi connectivity index (χ3v) is 4.68. The molecule has 5 nitrogen and oxygen atoms in total. The average Bonchev–Trinajstić information content (AvgIpc) is 2.53. The van der Waals surface area contributed by atoms with Gasteiger partial charge in [0.05, 0.1) is 11.4 Å². The molecule has 1 fully saturated rings. The molecule has 1 aromatic carbocycles. The van der Waals surface area contributed by atoms with Gasteiger partial charge in [0.2, 0.25) is 10.0 Å². The Balaban J connectivity index is 2.45. The van der Waals surface area contributed by atoms with Gasteiger partial charge >= 0.3 is 0 Å². The van der Waals surface area contributed by atoms with E-state index in [1.165, 1.54) is 18.9 Å². The lowest BCUT2D eigenvalue weighted by atomic mass is 10.1. The molecule has 0 spiro atoms. The van der Waals surface area contributed by atoms with E-state index in [4.69, 9.17) is 10.9 Å². The number of nitrogens with two attached hydrogens (primary N) is 2. The van der Waals surface area contributed by atoms with E-state index in [-0.39, 0.29) is 10.6 Å². The van der Waals surface area contributed by atoms with Gasteiger partial charge in [0.25, 0.3) is 0 Å². The summed E-state index contributed by atoms with van der Waals surface area (Å²) in [4.78, 5) is 2.21. The first-order valence-corrected chi connectivity index (χ1v) is 8.14. The van der Waals surface area contributed by atoms with Crippen LogP contribution in [0.2, 0.25) is 0 Å². The van der Waals surface area contributed by atoms with Gasteiger partial charge < -0.3 is 10.6 Å². The Hall–Kier alpha value is -1.27. The summed E-state index contributed by atoms with van der Waals surface area (Å²) in [5.74, 6) is 0. The number of nitrogen functional groups attached to an aromatic ring is 1. The first-order chi connectivity index (χ1) is 8.91. The van der Waals surface area contributed by atoms with E-state index < -0.39 is 10.0 Å². The molecule has 1 heterocycles. The Morgan fingerprint density at radius 2 is 2.00 bits per heavy atom. The molecule has 0 aliphatic carbocycles. The highest BCUT2D eigenvalue weighted by atomic mass is 32.2. The third-order valence-electron chi connectivity index (χ3n) is 3.71. The van der Waals surface area contributed by atoms with Crippen LogP contribution < -0.4 is 15.8 Å². The van der Waals surface area contributed by atoms with Crippen molar-refractivity contribution in [2.24, 2.45) is 5.14 Å². The molecule has 0 saturated carbocycles. The second-order valence-electron chi connectivity index (χ2n) is 5.13. The van der Waals surface area contributed by atoms with E-state index >= 15 is 0 Å². The number of benzene rings is 1. The molecule has 0 aromatic heterocycles. The van der Waals surface area contributed by atoms with Gasteiger partial charge in [-0.05, 0) is 31.9 Å². The molecule has 1 unspecified atom stereocenters. The van der Waals surface area contributed by atoms with Gasteiger partial charge in [-0.25, -0.2) is 13.6 Å². The monoisotopic (exact) mass is 283 g/mol. The summed E-state index contributed by atoms with van der Waals surface area (Å²) in [5, 5.41) is 5.20. The minimum atomic E-state index is -3.77. The van der Waals surface area contributed by atoms with Crippen molar-refractivity contribution in [3.8, 4) is 0 Å². The fraction of sp³-hybridized carbons (Fsp3) is 0.538. The van der Waals surface area contributed by atoms with Crippen LogP contribution in [0.25, 0.3) is 0 Å². The molecular formula is C13H21N3O2S. The van der Waals surface area contributed by atoms with Gasteiger partial charge in [0.15, 0.2) is 0 Å². The largest absolute Gasteiger partial charge is 0.396 e. The van der Waals surface area contributed by atoms with Gasteiger partial charge in [0.1, 0.15) is 4.90 Å². The fourth-order valence-electron chi connectivity index (χ4n) is 2.66. The summed E-state index contributed by atoms with van der Waals surface area (Å²) < 4.78 is 23.0. The summed E-state index contributed by atoms with van der Waals surface area (Å²) in [5.41, 5.74) is 7.05. The molecule has 6 heteroatoms. The molecule has 19 heavy (non-hydrogen) atoms. The van der Waals surface area contributed by atoms with Crippen LogP contribution in [0.15, 0.2) is 23.1 Å². The highest BCUT2D eigenvalue weighted by Gasteiger charge is 2.22. The third kappa shape index (κ3) is 3.01. The Kier molecular flexibility index (Phi) is 4.01. The van der Waals surface area contributed by atoms with Crippen molar-refractivity contribution in [2.45, 2.75) is 43.5 Å². The molecule has 1 atom stereocenters. The van der Waals surface area contributed by atoms with Gasteiger partial charge in [-0.3, -0.25) is 0 Å². The van der Waals surface area contributed by atoms with Crippen LogP contribution >= 0.6 is 0 Å². The van der Waals surface area contributed by atoms with Gasteiger partial charge in [0, 0.05) is 12.6 Å². The maximum absolute atomic E-state index is 11.5. The topological polar surface area (TPSA) is 89.4 Å². The number of primary sulfonamides is 1. The molecule has 1 aliphatic rings. The van der Waals surface area contributed by atoms with Crippen LogP contribution in [0.3, 0.4) is 0 Å². The van der Waals surface area contributed by atoms with Crippen LogP contribution in [-0.2, 0) is 10.0 Å². The van der Waals surface area contributed by atoms with E-state index in [2.05, 4.69) is 11.8 Å². The second kappa shape index (κ2) is 5.38. The molecule has 0 amide bonds. The molecule has 1 saturated heterocycles. The Bertz CT molecular complexity index is 557. The number of rotatable bonds is 2. The smallest absolute Gasteiger partial charge is 0.240 e. The number of para-hydroxylation sites is 1. The summed E-state index contributed by atoms with van der Waals surface area (Å²) in [7, 11) is -3.77. The van der Waals surface area contributed by atoms with Crippen LogP contribution in [0.4, 0.5) is 11.4 Å². The predicted molar refractivity (Wildman–Crippen MR) is 77.5 cm³/mol. The lowest BCUT2D eigenvalue weighted by molar-refractivity contribution is 0.597. The molecule has 1 aliphatic heterocycles. The van der Waals surface area contributed by atoms with Crippen molar-refractivity contribution in [1.82, 2.24) is 0 Å². The Morgan fingerprint density at radius 3 is 2.68 bits per heavy atom. The van der Waals surface area contributed by atoms with Crippen molar-refractivity contribution < 1.29 is 8.42 Å². The lowest BCUT2D eigenvalue weighted by Crippen LogP contribution is -2.33. The fourth-order valence-corrected chi connectivity index (χ4v) is 3.34. The zero-order chi connectivity index (χ0) is 14.0. The molecule has 0 bridgehead atoms. The minimum Gasteiger partial charge on any atom is -0.396 e.